The van der Waals surface area contributed by atoms with Crippen LogP contribution in [-0.4, -0.2) is 34.0 Å². The fraction of sp³-hybridized carbons (Fsp3) is 0.632. The first-order chi connectivity index (χ1) is 12.2. The Morgan fingerprint density at radius 3 is 2.46 bits per heavy atom. The summed E-state index contributed by atoms with van der Waals surface area (Å²) in [5.74, 6) is 0.298. The third kappa shape index (κ3) is 6.61. The number of hydrogen-bond donors (Lipinski definition) is 2. The van der Waals surface area contributed by atoms with E-state index in [9.17, 15) is 13.2 Å². The largest absolute Gasteiger partial charge is 0.496 e. The summed E-state index contributed by atoms with van der Waals surface area (Å²) in [4.78, 5) is 12.4. The van der Waals surface area contributed by atoms with Gasteiger partial charge in [-0.05, 0) is 44.4 Å². The Labute approximate surface area is 157 Å². The molecule has 6 nitrogen and oxygen atoms in total. The van der Waals surface area contributed by atoms with Crippen molar-refractivity contribution in [3.05, 3.63) is 23.8 Å². The zero-order valence-electron chi connectivity index (χ0n) is 16.5. The zero-order valence-corrected chi connectivity index (χ0v) is 17.3. The van der Waals surface area contributed by atoms with Crippen molar-refractivity contribution in [1.82, 2.24) is 10.0 Å². The number of unbranched alkanes of at least 4 members (excludes halogenated alkanes) is 1. The van der Waals surface area contributed by atoms with Gasteiger partial charge in [-0.3, -0.25) is 4.79 Å². The quantitative estimate of drug-likeness (QED) is 0.613. The van der Waals surface area contributed by atoms with Crippen LogP contribution >= 0.6 is 0 Å². The molecule has 1 aromatic carbocycles. The summed E-state index contributed by atoms with van der Waals surface area (Å²) in [7, 11) is -2.23. The van der Waals surface area contributed by atoms with Gasteiger partial charge >= 0.3 is 0 Å². The molecule has 0 fully saturated rings. The molecule has 0 heterocycles. The van der Waals surface area contributed by atoms with Crippen molar-refractivity contribution in [2.24, 2.45) is 5.92 Å². The van der Waals surface area contributed by atoms with Crippen LogP contribution in [-0.2, 0) is 10.0 Å². The lowest BCUT2D eigenvalue weighted by Crippen LogP contribution is -2.31. The molecule has 2 N–H and O–H groups in total. The van der Waals surface area contributed by atoms with Gasteiger partial charge in [0.05, 0.1) is 17.6 Å². The van der Waals surface area contributed by atoms with Crippen LogP contribution in [0.1, 0.15) is 63.7 Å². The number of rotatable bonds is 11. The van der Waals surface area contributed by atoms with Gasteiger partial charge in [-0.15, -0.1) is 0 Å². The second kappa shape index (κ2) is 10.5. The predicted molar refractivity (Wildman–Crippen MR) is 104 cm³/mol. The summed E-state index contributed by atoms with van der Waals surface area (Å²) in [5.41, 5.74) is 0.210. The standard InChI is InChI=1S/C19H32N2O4S/c1-6-8-9-15(7-2)13-20-26(23,24)16-10-11-18(25-5)17(12-16)19(22)21-14(3)4/h10-12,14-15,20H,6-9,13H2,1-5H3,(H,21,22). The van der Waals surface area contributed by atoms with Crippen LogP contribution in [0.15, 0.2) is 23.1 Å². The Hall–Kier alpha value is -1.60. The van der Waals surface area contributed by atoms with Gasteiger partial charge < -0.3 is 10.1 Å². The number of sulfonamides is 1. The van der Waals surface area contributed by atoms with Crippen LogP contribution in [0.3, 0.4) is 0 Å². The molecule has 148 valence electrons. The Balaban J connectivity index is 3.00. The van der Waals surface area contributed by atoms with E-state index in [1.165, 1.54) is 25.3 Å². The molecular formula is C19H32N2O4S. The summed E-state index contributed by atoms with van der Waals surface area (Å²) >= 11 is 0. The monoisotopic (exact) mass is 384 g/mol. The summed E-state index contributed by atoms with van der Waals surface area (Å²) in [6.07, 6.45) is 4.10. The van der Waals surface area contributed by atoms with E-state index in [1.807, 2.05) is 13.8 Å². The molecule has 0 bridgehead atoms. The molecule has 1 atom stereocenters. The molecular weight excluding hydrogens is 352 g/mol. The summed E-state index contributed by atoms with van der Waals surface area (Å²) < 4.78 is 33.2. The van der Waals surface area contributed by atoms with E-state index in [0.717, 1.165) is 25.7 Å². The minimum atomic E-state index is -3.69. The minimum Gasteiger partial charge on any atom is -0.496 e. The smallest absolute Gasteiger partial charge is 0.255 e. The van der Waals surface area contributed by atoms with E-state index in [2.05, 4.69) is 23.9 Å². The van der Waals surface area contributed by atoms with Gasteiger partial charge in [-0.2, -0.15) is 0 Å². The van der Waals surface area contributed by atoms with Crippen molar-refractivity contribution in [3.63, 3.8) is 0 Å². The molecule has 1 unspecified atom stereocenters. The molecule has 26 heavy (non-hydrogen) atoms. The first-order valence-electron chi connectivity index (χ1n) is 9.23. The van der Waals surface area contributed by atoms with Gasteiger partial charge in [0.15, 0.2) is 0 Å². The second-order valence-corrected chi connectivity index (χ2v) is 8.53. The third-order valence-electron chi connectivity index (χ3n) is 4.25. The molecule has 0 aliphatic carbocycles. The van der Waals surface area contributed by atoms with Crippen molar-refractivity contribution in [1.29, 1.82) is 0 Å². The number of methoxy groups -OCH3 is 1. The maximum absolute atomic E-state index is 12.6. The van der Waals surface area contributed by atoms with Crippen LogP contribution in [0.4, 0.5) is 0 Å². The Morgan fingerprint density at radius 1 is 1.23 bits per heavy atom. The van der Waals surface area contributed by atoms with Gasteiger partial charge in [0.25, 0.3) is 5.91 Å². The Morgan fingerprint density at radius 2 is 1.92 bits per heavy atom. The number of ether oxygens (including phenoxy) is 1. The lowest BCUT2D eigenvalue weighted by Gasteiger charge is -2.16. The molecule has 1 rings (SSSR count). The number of carbonyl (C=O) groups is 1. The van der Waals surface area contributed by atoms with E-state index in [-0.39, 0.29) is 22.4 Å². The molecule has 0 radical (unpaired) electrons. The second-order valence-electron chi connectivity index (χ2n) is 6.76. The minimum absolute atomic E-state index is 0.0607. The van der Waals surface area contributed by atoms with Gasteiger partial charge in [0, 0.05) is 12.6 Å². The predicted octanol–water partition coefficient (Wildman–Crippen LogP) is 3.33. The highest BCUT2D eigenvalue weighted by molar-refractivity contribution is 7.89. The first kappa shape index (κ1) is 22.4. The number of hydrogen-bond acceptors (Lipinski definition) is 4. The van der Waals surface area contributed by atoms with E-state index in [0.29, 0.717) is 18.2 Å². The first-order valence-corrected chi connectivity index (χ1v) is 10.7. The SMILES string of the molecule is CCCCC(CC)CNS(=O)(=O)c1ccc(OC)c(C(=O)NC(C)C)c1. The third-order valence-corrected chi connectivity index (χ3v) is 5.67. The fourth-order valence-corrected chi connectivity index (χ4v) is 3.77. The van der Waals surface area contributed by atoms with Gasteiger partial charge in [0.2, 0.25) is 10.0 Å². The van der Waals surface area contributed by atoms with Crippen molar-refractivity contribution >= 4 is 15.9 Å². The molecule has 0 spiro atoms. The average Bonchev–Trinajstić information content (AvgIpc) is 2.60. The molecule has 0 aliphatic rings. The van der Waals surface area contributed by atoms with Crippen LogP contribution < -0.4 is 14.8 Å². The van der Waals surface area contributed by atoms with Crippen molar-refractivity contribution in [2.75, 3.05) is 13.7 Å². The van der Waals surface area contributed by atoms with Crippen LogP contribution in [0, 0.1) is 5.92 Å². The molecule has 7 heteroatoms. The lowest BCUT2D eigenvalue weighted by molar-refractivity contribution is 0.0940. The number of carbonyl (C=O) groups excluding carboxylic acids is 1. The average molecular weight is 385 g/mol. The maximum Gasteiger partial charge on any atom is 0.255 e. The van der Waals surface area contributed by atoms with Gasteiger partial charge in [0.1, 0.15) is 5.75 Å². The lowest BCUT2D eigenvalue weighted by atomic mass is 10.00. The highest BCUT2D eigenvalue weighted by atomic mass is 32.2. The molecule has 0 saturated heterocycles. The van der Waals surface area contributed by atoms with Crippen molar-refractivity contribution < 1.29 is 17.9 Å². The van der Waals surface area contributed by atoms with E-state index in [4.69, 9.17) is 4.74 Å². The van der Waals surface area contributed by atoms with E-state index >= 15 is 0 Å². The number of amides is 1. The fourth-order valence-electron chi connectivity index (χ4n) is 2.63. The zero-order chi connectivity index (χ0) is 19.7. The highest BCUT2D eigenvalue weighted by Crippen LogP contribution is 2.23. The maximum atomic E-state index is 12.6. The summed E-state index contributed by atoms with van der Waals surface area (Å²) in [5, 5.41) is 2.76. The number of nitrogens with one attached hydrogen (secondary N) is 2. The Kier molecular flexibility index (Phi) is 9.08. The molecule has 0 aliphatic heterocycles. The van der Waals surface area contributed by atoms with E-state index < -0.39 is 10.0 Å². The summed E-state index contributed by atoms with van der Waals surface area (Å²) in [6.45, 7) is 8.27. The molecule has 1 aromatic rings. The van der Waals surface area contributed by atoms with Gasteiger partial charge in [-0.1, -0.05) is 33.1 Å². The molecule has 1 amide bonds. The normalized spacial score (nSPS) is 12.8. The van der Waals surface area contributed by atoms with Crippen molar-refractivity contribution in [3.8, 4) is 5.75 Å². The molecule has 0 saturated carbocycles. The van der Waals surface area contributed by atoms with Crippen LogP contribution in [0.2, 0.25) is 0 Å². The molecule has 0 aromatic heterocycles. The Bertz CT molecular complexity index is 687. The van der Waals surface area contributed by atoms with Crippen LogP contribution in [0.5, 0.6) is 5.75 Å². The van der Waals surface area contributed by atoms with Gasteiger partial charge in [-0.25, -0.2) is 13.1 Å². The number of benzene rings is 1. The highest BCUT2D eigenvalue weighted by Gasteiger charge is 2.21. The van der Waals surface area contributed by atoms with Crippen LogP contribution in [0.25, 0.3) is 0 Å². The topological polar surface area (TPSA) is 84.5 Å². The van der Waals surface area contributed by atoms with Crippen molar-refractivity contribution in [2.45, 2.75) is 64.3 Å². The van der Waals surface area contributed by atoms with E-state index in [1.54, 1.807) is 0 Å². The summed E-state index contributed by atoms with van der Waals surface area (Å²) in [6, 6.07) is 4.28.